The van der Waals surface area contributed by atoms with Crippen molar-refractivity contribution in [2.75, 3.05) is 0 Å². The standard InChI is InChI=1S/C23H25N3O5/c1-14-19(31-18-7-5-4-6-17(18)30-14)20(27)24-12-15-8-10-16(11-9-15)13-26-21(28)23(2,3)25-22(26)29/h4-11,14,19H,12-13H2,1-3H3,(H,24,27)(H,25,29). The Balaban J connectivity index is 1.33. The summed E-state index contributed by atoms with van der Waals surface area (Å²) >= 11 is 0. The van der Waals surface area contributed by atoms with Gasteiger partial charge in [-0.05, 0) is 44.0 Å². The molecule has 2 aliphatic heterocycles. The van der Waals surface area contributed by atoms with E-state index in [9.17, 15) is 14.4 Å². The summed E-state index contributed by atoms with van der Waals surface area (Å²) in [5, 5.41) is 5.54. The third-order valence-electron chi connectivity index (χ3n) is 5.38. The van der Waals surface area contributed by atoms with Crippen molar-refractivity contribution in [1.29, 1.82) is 0 Å². The van der Waals surface area contributed by atoms with Gasteiger partial charge >= 0.3 is 6.03 Å². The van der Waals surface area contributed by atoms with Crippen LogP contribution in [0.25, 0.3) is 0 Å². The average molecular weight is 423 g/mol. The van der Waals surface area contributed by atoms with Crippen molar-refractivity contribution in [3.63, 3.8) is 0 Å². The maximum absolute atomic E-state index is 12.6. The number of amides is 4. The molecule has 2 aromatic carbocycles. The zero-order chi connectivity index (χ0) is 22.2. The fraction of sp³-hybridized carbons (Fsp3) is 0.348. The molecule has 0 bridgehead atoms. The number of para-hydroxylation sites is 2. The first kappa shape index (κ1) is 20.7. The van der Waals surface area contributed by atoms with Crippen molar-refractivity contribution in [2.24, 2.45) is 0 Å². The van der Waals surface area contributed by atoms with Gasteiger partial charge in [0.05, 0.1) is 6.54 Å². The Bertz CT molecular complexity index is 1020. The predicted octanol–water partition coefficient (Wildman–Crippen LogP) is 2.36. The molecule has 1 fully saturated rings. The molecule has 2 aromatic rings. The molecule has 4 rings (SSSR count). The Morgan fingerprint density at radius 1 is 1.03 bits per heavy atom. The van der Waals surface area contributed by atoms with Gasteiger partial charge in [-0.15, -0.1) is 0 Å². The average Bonchev–Trinajstić information content (AvgIpc) is 2.94. The van der Waals surface area contributed by atoms with Crippen LogP contribution in [0.1, 0.15) is 31.9 Å². The summed E-state index contributed by atoms with van der Waals surface area (Å²) < 4.78 is 11.6. The summed E-state index contributed by atoms with van der Waals surface area (Å²) in [6.45, 7) is 5.68. The highest BCUT2D eigenvalue weighted by Gasteiger charge is 2.44. The zero-order valence-corrected chi connectivity index (χ0v) is 17.7. The lowest BCUT2D eigenvalue weighted by Crippen LogP contribution is -2.48. The maximum atomic E-state index is 12.6. The maximum Gasteiger partial charge on any atom is 0.325 e. The van der Waals surface area contributed by atoms with Crippen LogP contribution in [0.15, 0.2) is 48.5 Å². The van der Waals surface area contributed by atoms with E-state index in [1.165, 1.54) is 4.90 Å². The monoisotopic (exact) mass is 423 g/mol. The minimum absolute atomic E-state index is 0.199. The number of urea groups is 1. The van der Waals surface area contributed by atoms with Crippen LogP contribution >= 0.6 is 0 Å². The summed E-state index contributed by atoms with van der Waals surface area (Å²) in [6, 6.07) is 14.3. The molecule has 2 N–H and O–H groups in total. The molecule has 31 heavy (non-hydrogen) atoms. The Labute approximate surface area is 180 Å². The lowest BCUT2D eigenvalue weighted by molar-refractivity contribution is -0.133. The molecule has 0 radical (unpaired) electrons. The van der Waals surface area contributed by atoms with E-state index in [0.29, 0.717) is 18.0 Å². The fourth-order valence-electron chi connectivity index (χ4n) is 3.60. The Morgan fingerprint density at radius 2 is 1.65 bits per heavy atom. The summed E-state index contributed by atoms with van der Waals surface area (Å²) in [6.07, 6.45) is -1.15. The normalized spacial score (nSPS) is 21.6. The van der Waals surface area contributed by atoms with Gasteiger partial charge in [-0.25, -0.2) is 4.79 Å². The van der Waals surface area contributed by atoms with Gasteiger partial charge < -0.3 is 20.1 Å². The number of nitrogens with one attached hydrogen (secondary N) is 2. The topological polar surface area (TPSA) is 97.0 Å². The minimum Gasteiger partial charge on any atom is -0.482 e. The van der Waals surface area contributed by atoms with Gasteiger partial charge in [0.25, 0.3) is 11.8 Å². The number of carbonyl (C=O) groups is 3. The highest BCUT2D eigenvalue weighted by molar-refractivity contribution is 6.06. The van der Waals surface area contributed by atoms with Crippen LogP contribution in [0.5, 0.6) is 11.5 Å². The van der Waals surface area contributed by atoms with E-state index >= 15 is 0 Å². The second-order valence-electron chi connectivity index (χ2n) is 8.29. The lowest BCUT2D eigenvalue weighted by atomic mass is 10.1. The highest BCUT2D eigenvalue weighted by atomic mass is 16.6. The third-order valence-corrected chi connectivity index (χ3v) is 5.38. The van der Waals surface area contributed by atoms with E-state index in [-0.39, 0.29) is 18.4 Å². The van der Waals surface area contributed by atoms with Crippen LogP contribution in [-0.2, 0) is 22.7 Å². The van der Waals surface area contributed by atoms with Crippen molar-refractivity contribution in [1.82, 2.24) is 15.5 Å². The number of hydrogen-bond donors (Lipinski definition) is 2. The van der Waals surface area contributed by atoms with Crippen LogP contribution in [0.3, 0.4) is 0 Å². The Hall–Kier alpha value is -3.55. The van der Waals surface area contributed by atoms with Gasteiger partial charge in [-0.2, -0.15) is 0 Å². The smallest absolute Gasteiger partial charge is 0.325 e. The molecule has 0 spiro atoms. The molecule has 1 saturated heterocycles. The molecule has 162 valence electrons. The summed E-state index contributed by atoms with van der Waals surface area (Å²) in [5.41, 5.74) is 0.828. The molecule has 2 atom stereocenters. The lowest BCUT2D eigenvalue weighted by Gasteiger charge is -2.31. The molecule has 2 heterocycles. The van der Waals surface area contributed by atoms with E-state index in [2.05, 4.69) is 10.6 Å². The molecule has 2 unspecified atom stereocenters. The quantitative estimate of drug-likeness (QED) is 0.720. The summed E-state index contributed by atoms with van der Waals surface area (Å²) in [5.74, 6) is 0.670. The van der Waals surface area contributed by atoms with Crippen LogP contribution in [0.2, 0.25) is 0 Å². The first-order valence-corrected chi connectivity index (χ1v) is 10.2. The van der Waals surface area contributed by atoms with Gasteiger partial charge in [-0.1, -0.05) is 36.4 Å². The number of ether oxygens (including phenoxy) is 2. The SMILES string of the molecule is CC1Oc2ccccc2OC1C(=O)NCc1ccc(CN2C(=O)NC(C)(C)C2=O)cc1. The van der Waals surface area contributed by atoms with Gasteiger partial charge in [0, 0.05) is 6.54 Å². The van der Waals surface area contributed by atoms with E-state index in [4.69, 9.17) is 9.47 Å². The largest absolute Gasteiger partial charge is 0.482 e. The Morgan fingerprint density at radius 3 is 2.26 bits per heavy atom. The minimum atomic E-state index is -0.885. The first-order valence-electron chi connectivity index (χ1n) is 10.2. The number of carbonyl (C=O) groups excluding carboxylic acids is 3. The van der Waals surface area contributed by atoms with Gasteiger partial charge in [-0.3, -0.25) is 14.5 Å². The second-order valence-corrected chi connectivity index (χ2v) is 8.29. The van der Waals surface area contributed by atoms with Gasteiger partial charge in [0.15, 0.2) is 11.5 Å². The first-order chi connectivity index (χ1) is 14.7. The van der Waals surface area contributed by atoms with Crippen LogP contribution < -0.4 is 20.1 Å². The number of fused-ring (bicyclic) bond motifs is 1. The second kappa shape index (κ2) is 7.94. The molecule has 4 amide bonds. The van der Waals surface area contributed by atoms with E-state index in [1.807, 2.05) is 42.5 Å². The van der Waals surface area contributed by atoms with Crippen LogP contribution in [0, 0.1) is 0 Å². The van der Waals surface area contributed by atoms with Gasteiger partial charge in [0.2, 0.25) is 6.10 Å². The molecule has 2 aliphatic rings. The third kappa shape index (κ3) is 4.19. The molecule has 0 saturated carbocycles. The number of nitrogens with zero attached hydrogens (tertiary/aromatic N) is 1. The van der Waals surface area contributed by atoms with E-state index in [1.54, 1.807) is 26.8 Å². The molecule has 8 heteroatoms. The molecular formula is C23H25N3O5. The predicted molar refractivity (Wildman–Crippen MR) is 112 cm³/mol. The molecule has 0 aromatic heterocycles. The van der Waals surface area contributed by atoms with Crippen molar-refractivity contribution in [2.45, 2.75) is 51.6 Å². The van der Waals surface area contributed by atoms with Crippen molar-refractivity contribution < 1.29 is 23.9 Å². The number of imide groups is 1. The van der Waals surface area contributed by atoms with Crippen LogP contribution in [0.4, 0.5) is 4.79 Å². The number of rotatable bonds is 5. The van der Waals surface area contributed by atoms with Crippen LogP contribution in [-0.4, -0.2) is 40.5 Å². The molecule has 8 nitrogen and oxygen atoms in total. The zero-order valence-electron chi connectivity index (χ0n) is 17.7. The number of benzene rings is 2. The number of hydrogen-bond acceptors (Lipinski definition) is 5. The van der Waals surface area contributed by atoms with Gasteiger partial charge in [0.1, 0.15) is 11.6 Å². The Kier molecular flexibility index (Phi) is 5.31. The fourth-order valence-corrected chi connectivity index (χ4v) is 3.60. The van der Waals surface area contributed by atoms with Crippen molar-refractivity contribution in [3.8, 4) is 11.5 Å². The van der Waals surface area contributed by atoms with Crippen molar-refractivity contribution >= 4 is 17.8 Å². The van der Waals surface area contributed by atoms with Crippen molar-refractivity contribution in [3.05, 3.63) is 59.7 Å². The molecular weight excluding hydrogens is 398 g/mol. The summed E-state index contributed by atoms with van der Waals surface area (Å²) in [4.78, 5) is 38.2. The summed E-state index contributed by atoms with van der Waals surface area (Å²) in [7, 11) is 0. The van der Waals surface area contributed by atoms with E-state index < -0.39 is 23.8 Å². The molecule has 0 aliphatic carbocycles. The highest BCUT2D eigenvalue weighted by Crippen LogP contribution is 2.33. The van der Waals surface area contributed by atoms with E-state index in [0.717, 1.165) is 11.1 Å².